The summed E-state index contributed by atoms with van der Waals surface area (Å²) in [6.07, 6.45) is -1.75. The minimum atomic E-state index is -0.990. The SMILES string of the molecule is COc1cc([N+](=O)[O-])ccc1COC(=O)Nc1ccc(COC(=O)Oc2ccc([N+](=O)[O-])cc2)cc1. The minimum absolute atomic E-state index is 0.0926. The van der Waals surface area contributed by atoms with Crippen molar-refractivity contribution in [1.29, 1.82) is 0 Å². The zero-order valence-corrected chi connectivity index (χ0v) is 18.7. The number of non-ortho nitro benzene ring substituents is 2. The molecule has 13 heteroatoms. The molecule has 0 aliphatic carbocycles. The van der Waals surface area contributed by atoms with Crippen LogP contribution < -0.4 is 14.8 Å². The maximum Gasteiger partial charge on any atom is 0.514 e. The fourth-order valence-electron chi connectivity index (χ4n) is 2.85. The summed E-state index contributed by atoms with van der Waals surface area (Å²) in [5, 5.41) is 24.0. The van der Waals surface area contributed by atoms with Crippen molar-refractivity contribution >= 4 is 29.3 Å². The van der Waals surface area contributed by atoms with E-state index in [0.29, 0.717) is 16.8 Å². The molecule has 36 heavy (non-hydrogen) atoms. The fourth-order valence-corrected chi connectivity index (χ4v) is 2.85. The lowest BCUT2D eigenvalue weighted by atomic mass is 10.2. The molecule has 186 valence electrons. The number of ether oxygens (including phenoxy) is 4. The first-order valence-electron chi connectivity index (χ1n) is 10.2. The fraction of sp³-hybridized carbons (Fsp3) is 0.130. The van der Waals surface area contributed by atoms with E-state index >= 15 is 0 Å². The van der Waals surface area contributed by atoms with Crippen LogP contribution in [0.15, 0.2) is 66.7 Å². The summed E-state index contributed by atoms with van der Waals surface area (Å²) in [6, 6.07) is 15.2. The van der Waals surface area contributed by atoms with Gasteiger partial charge in [-0.2, -0.15) is 0 Å². The number of nitro groups is 2. The lowest BCUT2D eigenvalue weighted by Gasteiger charge is -2.10. The first kappa shape index (κ1) is 25.4. The van der Waals surface area contributed by atoms with Crippen LogP contribution in [0.1, 0.15) is 11.1 Å². The number of hydrogen-bond donors (Lipinski definition) is 1. The molecule has 0 heterocycles. The van der Waals surface area contributed by atoms with Gasteiger partial charge in [-0.15, -0.1) is 0 Å². The number of nitrogens with zero attached hydrogens (tertiary/aromatic N) is 2. The predicted molar refractivity (Wildman–Crippen MR) is 124 cm³/mol. The number of methoxy groups -OCH3 is 1. The van der Waals surface area contributed by atoms with Crippen LogP contribution in [0.2, 0.25) is 0 Å². The van der Waals surface area contributed by atoms with Gasteiger partial charge in [0.15, 0.2) is 0 Å². The highest BCUT2D eigenvalue weighted by Crippen LogP contribution is 2.25. The van der Waals surface area contributed by atoms with Crippen molar-refractivity contribution in [2.75, 3.05) is 12.4 Å². The maximum atomic E-state index is 12.1. The normalized spacial score (nSPS) is 10.1. The summed E-state index contributed by atoms with van der Waals surface area (Å²) in [4.78, 5) is 44.3. The van der Waals surface area contributed by atoms with Crippen molar-refractivity contribution in [2.45, 2.75) is 13.2 Å². The molecule has 0 unspecified atom stereocenters. The molecule has 0 fully saturated rings. The van der Waals surface area contributed by atoms with E-state index < -0.39 is 22.1 Å². The van der Waals surface area contributed by atoms with E-state index in [1.54, 1.807) is 24.3 Å². The van der Waals surface area contributed by atoms with Gasteiger partial charge in [0.25, 0.3) is 11.4 Å². The Kier molecular flexibility index (Phi) is 8.32. The molecule has 0 saturated carbocycles. The third-order valence-electron chi connectivity index (χ3n) is 4.65. The Balaban J connectivity index is 1.45. The largest absolute Gasteiger partial charge is 0.514 e. The molecule has 13 nitrogen and oxygen atoms in total. The highest BCUT2D eigenvalue weighted by Gasteiger charge is 2.14. The summed E-state index contributed by atoms with van der Waals surface area (Å²) >= 11 is 0. The van der Waals surface area contributed by atoms with Crippen molar-refractivity contribution < 1.29 is 38.4 Å². The number of hydrogen-bond acceptors (Lipinski definition) is 10. The van der Waals surface area contributed by atoms with Crippen molar-refractivity contribution in [3.05, 3.63) is 98.1 Å². The third-order valence-corrected chi connectivity index (χ3v) is 4.65. The van der Waals surface area contributed by atoms with Crippen LogP contribution in [0.4, 0.5) is 26.7 Å². The number of carbonyl (C=O) groups excluding carboxylic acids is 2. The van der Waals surface area contributed by atoms with Crippen LogP contribution >= 0.6 is 0 Å². The molecule has 0 aliphatic rings. The lowest BCUT2D eigenvalue weighted by molar-refractivity contribution is -0.385. The zero-order chi connectivity index (χ0) is 26.1. The van der Waals surface area contributed by atoms with Gasteiger partial charge in [0.1, 0.15) is 24.7 Å². The Morgan fingerprint density at radius 3 is 2.08 bits per heavy atom. The molecular weight excluding hydrogens is 478 g/mol. The number of rotatable bonds is 9. The molecule has 0 aliphatic heterocycles. The molecule has 0 aromatic heterocycles. The van der Waals surface area contributed by atoms with Crippen molar-refractivity contribution in [1.82, 2.24) is 0 Å². The van der Waals surface area contributed by atoms with Gasteiger partial charge in [-0.3, -0.25) is 25.5 Å². The number of nitro benzene ring substituents is 2. The van der Waals surface area contributed by atoms with Crippen LogP contribution in [0.5, 0.6) is 11.5 Å². The molecule has 1 amide bonds. The van der Waals surface area contributed by atoms with Crippen molar-refractivity contribution in [3.8, 4) is 11.5 Å². The second kappa shape index (κ2) is 11.8. The summed E-state index contributed by atoms with van der Waals surface area (Å²) < 4.78 is 20.2. The van der Waals surface area contributed by atoms with Crippen LogP contribution in [-0.2, 0) is 22.7 Å². The van der Waals surface area contributed by atoms with Gasteiger partial charge < -0.3 is 18.9 Å². The third kappa shape index (κ3) is 7.15. The highest BCUT2D eigenvalue weighted by molar-refractivity contribution is 5.84. The molecule has 3 aromatic rings. The number of carbonyl (C=O) groups is 2. The molecule has 0 saturated heterocycles. The molecule has 0 spiro atoms. The molecule has 1 N–H and O–H groups in total. The van der Waals surface area contributed by atoms with Gasteiger partial charge in [-0.1, -0.05) is 12.1 Å². The Labute approximate surface area is 203 Å². The van der Waals surface area contributed by atoms with E-state index in [0.717, 1.165) is 0 Å². The molecule has 0 bridgehead atoms. The number of nitrogens with one attached hydrogen (secondary N) is 1. The number of benzene rings is 3. The maximum absolute atomic E-state index is 12.1. The van der Waals surface area contributed by atoms with E-state index in [9.17, 15) is 29.8 Å². The number of amides is 1. The Morgan fingerprint density at radius 1 is 0.833 bits per heavy atom. The van der Waals surface area contributed by atoms with Gasteiger partial charge in [-0.25, -0.2) is 9.59 Å². The Bertz CT molecular complexity index is 1260. The van der Waals surface area contributed by atoms with E-state index in [-0.39, 0.29) is 36.1 Å². The molecule has 0 radical (unpaired) electrons. The second-order valence-corrected chi connectivity index (χ2v) is 7.04. The van der Waals surface area contributed by atoms with Gasteiger partial charge in [0.05, 0.1) is 23.0 Å². The average Bonchev–Trinajstić information content (AvgIpc) is 2.87. The zero-order valence-electron chi connectivity index (χ0n) is 18.7. The second-order valence-electron chi connectivity index (χ2n) is 7.04. The summed E-state index contributed by atoms with van der Waals surface area (Å²) in [6.45, 7) is -0.285. The van der Waals surface area contributed by atoms with Gasteiger partial charge in [0, 0.05) is 29.4 Å². The van der Waals surface area contributed by atoms with E-state index in [4.69, 9.17) is 18.9 Å². The van der Waals surface area contributed by atoms with Gasteiger partial charge in [-0.05, 0) is 35.9 Å². The van der Waals surface area contributed by atoms with Crippen LogP contribution in [-0.4, -0.2) is 29.2 Å². The molecule has 3 aromatic carbocycles. The molecule has 3 rings (SSSR count). The van der Waals surface area contributed by atoms with Crippen LogP contribution in [0.25, 0.3) is 0 Å². The van der Waals surface area contributed by atoms with E-state index in [2.05, 4.69) is 5.32 Å². The Hall–Kier alpha value is -5.20. The summed E-state index contributed by atoms with van der Waals surface area (Å²) in [5.41, 5.74) is 1.17. The quantitative estimate of drug-likeness (QED) is 0.184. The minimum Gasteiger partial charge on any atom is -0.496 e. The van der Waals surface area contributed by atoms with Gasteiger partial charge in [0.2, 0.25) is 0 Å². The number of anilines is 1. The first-order chi connectivity index (χ1) is 17.2. The van der Waals surface area contributed by atoms with Crippen LogP contribution in [0, 0.1) is 20.2 Å². The average molecular weight is 497 g/mol. The van der Waals surface area contributed by atoms with Crippen molar-refractivity contribution in [2.24, 2.45) is 0 Å². The monoisotopic (exact) mass is 497 g/mol. The first-order valence-corrected chi connectivity index (χ1v) is 10.2. The highest BCUT2D eigenvalue weighted by atomic mass is 16.7. The lowest BCUT2D eigenvalue weighted by Crippen LogP contribution is -2.14. The van der Waals surface area contributed by atoms with E-state index in [1.807, 2.05) is 0 Å². The molecular formula is C23H19N3O10. The summed E-state index contributed by atoms with van der Waals surface area (Å²) in [7, 11) is 1.35. The van der Waals surface area contributed by atoms with Gasteiger partial charge >= 0.3 is 12.2 Å². The Morgan fingerprint density at radius 2 is 1.47 bits per heavy atom. The van der Waals surface area contributed by atoms with Crippen LogP contribution in [0.3, 0.4) is 0 Å². The van der Waals surface area contributed by atoms with Crippen molar-refractivity contribution in [3.63, 3.8) is 0 Å². The molecule has 0 atom stereocenters. The topological polar surface area (TPSA) is 169 Å². The smallest absolute Gasteiger partial charge is 0.496 e. The van der Waals surface area contributed by atoms with E-state index in [1.165, 1.54) is 49.6 Å². The standard InChI is InChI=1S/C23H19N3O10/c1-33-21-12-19(26(31)32)7-4-16(21)14-34-22(27)24-17-5-2-15(3-6-17)13-35-23(28)36-20-10-8-18(9-11-20)25(29)30/h2-12H,13-14H2,1H3,(H,24,27). The summed E-state index contributed by atoms with van der Waals surface area (Å²) in [5.74, 6) is 0.309. The predicted octanol–water partition coefficient (Wildman–Crippen LogP) is 4.98.